The molecule has 3 aliphatic rings. The molecule has 0 heterocycles. The van der Waals surface area contributed by atoms with Crippen molar-refractivity contribution < 1.29 is 0 Å². The molecule has 384 valence electrons. The first-order chi connectivity index (χ1) is 40.7. The first-order valence-corrected chi connectivity index (χ1v) is 28.7. The molecule has 0 saturated heterocycles. The molecule has 82 heavy (non-hydrogen) atoms. The Bertz CT molecular complexity index is 4410. The van der Waals surface area contributed by atoms with Crippen LogP contribution in [0.3, 0.4) is 0 Å². The standard InChI is InChI=1S/C81H55N/c1-7-26-58(27-8-1)79(59-28-9-2-10-29-59)72-42-23-20-39-67(72)70-55-65(51-53-74(70)79)82(77-45-25-44-75-78(77)69-40-21-24-43-73(69)80(75,60-30-11-3-12-31-60)61-32-13-4-14-33-61)64-49-46-56(47-50-64)57-48-52-68-66-38-19-22-41-71(66)81(76(68)54-57,62-34-15-5-16-35-62)63-36-17-6-18-37-63/h1-55H. The minimum absolute atomic E-state index is 0.495. The van der Waals surface area contributed by atoms with Crippen molar-refractivity contribution in [3.63, 3.8) is 0 Å². The van der Waals surface area contributed by atoms with Crippen molar-refractivity contribution in [1.82, 2.24) is 0 Å². The molecular formula is C81H55N. The number of benzene rings is 13. The van der Waals surface area contributed by atoms with Gasteiger partial charge in [0.15, 0.2) is 0 Å². The van der Waals surface area contributed by atoms with E-state index in [1.54, 1.807) is 0 Å². The monoisotopic (exact) mass is 1040 g/mol. The molecule has 0 amide bonds. The third kappa shape index (κ3) is 6.74. The maximum absolute atomic E-state index is 2.54. The van der Waals surface area contributed by atoms with Crippen molar-refractivity contribution in [2.75, 3.05) is 4.90 Å². The second-order valence-electron chi connectivity index (χ2n) is 22.2. The van der Waals surface area contributed by atoms with Gasteiger partial charge in [-0.15, -0.1) is 0 Å². The molecule has 13 aromatic rings. The van der Waals surface area contributed by atoms with Crippen LogP contribution in [0, 0.1) is 0 Å². The molecule has 0 N–H and O–H groups in total. The quantitative estimate of drug-likeness (QED) is 0.132. The fourth-order valence-electron chi connectivity index (χ4n) is 15.1. The van der Waals surface area contributed by atoms with E-state index in [1.807, 2.05) is 0 Å². The SMILES string of the molecule is c1ccc(C2(c3ccccc3)c3ccccc3-c3cc(N(c4ccc(-c5ccc6c(c5)C(c5ccccc5)(c5ccccc5)c5ccccc5-6)cc4)c4cccc5c4-c4ccccc4C5(c4ccccc4)c4ccccc4)ccc32)cc1. The average Bonchev–Trinajstić information content (AvgIpc) is 3.14. The second-order valence-corrected chi connectivity index (χ2v) is 22.2. The third-order valence-electron chi connectivity index (χ3n) is 18.3. The zero-order valence-corrected chi connectivity index (χ0v) is 45.2. The normalized spacial score (nSPS) is 14.1. The van der Waals surface area contributed by atoms with Gasteiger partial charge in [0.25, 0.3) is 0 Å². The van der Waals surface area contributed by atoms with Crippen molar-refractivity contribution in [3.05, 3.63) is 400 Å². The lowest BCUT2D eigenvalue weighted by Gasteiger charge is -2.35. The van der Waals surface area contributed by atoms with Gasteiger partial charge in [-0.2, -0.15) is 0 Å². The first kappa shape index (κ1) is 47.6. The summed E-state index contributed by atoms with van der Waals surface area (Å²) >= 11 is 0. The average molecular weight is 1040 g/mol. The highest BCUT2D eigenvalue weighted by atomic mass is 15.1. The van der Waals surface area contributed by atoms with Gasteiger partial charge >= 0.3 is 0 Å². The van der Waals surface area contributed by atoms with Gasteiger partial charge in [0.2, 0.25) is 0 Å². The summed E-state index contributed by atoms with van der Waals surface area (Å²) in [6.07, 6.45) is 0. The van der Waals surface area contributed by atoms with Crippen LogP contribution in [-0.4, -0.2) is 0 Å². The molecule has 3 aliphatic carbocycles. The highest BCUT2D eigenvalue weighted by molar-refractivity contribution is 5.99. The summed E-state index contributed by atoms with van der Waals surface area (Å²) in [6.45, 7) is 0. The molecule has 1 nitrogen and oxygen atoms in total. The molecule has 13 aromatic carbocycles. The second kappa shape index (κ2) is 18.9. The Morgan fingerprint density at radius 2 is 0.537 bits per heavy atom. The number of anilines is 3. The largest absolute Gasteiger partial charge is 0.310 e. The molecule has 1 heteroatoms. The Balaban J connectivity index is 0.922. The van der Waals surface area contributed by atoms with Gasteiger partial charge in [-0.05, 0) is 142 Å². The van der Waals surface area contributed by atoms with E-state index in [1.165, 1.54) is 106 Å². The van der Waals surface area contributed by atoms with Crippen LogP contribution in [0.5, 0.6) is 0 Å². The van der Waals surface area contributed by atoms with Crippen LogP contribution in [0.4, 0.5) is 17.1 Å². The highest BCUT2D eigenvalue weighted by Gasteiger charge is 2.50. The van der Waals surface area contributed by atoms with Gasteiger partial charge in [-0.25, -0.2) is 0 Å². The zero-order valence-electron chi connectivity index (χ0n) is 45.2. The van der Waals surface area contributed by atoms with Crippen LogP contribution in [0.15, 0.2) is 334 Å². The molecule has 0 radical (unpaired) electrons. The summed E-state index contributed by atoms with van der Waals surface area (Å²) in [7, 11) is 0. The molecule has 0 aromatic heterocycles. The summed E-state index contributed by atoms with van der Waals surface area (Å²) in [5.41, 5.74) is 26.8. The predicted molar refractivity (Wildman–Crippen MR) is 338 cm³/mol. The lowest BCUT2D eigenvalue weighted by Crippen LogP contribution is -2.28. The molecule has 0 unspecified atom stereocenters. The molecule has 0 atom stereocenters. The smallest absolute Gasteiger partial charge is 0.0714 e. The minimum Gasteiger partial charge on any atom is -0.310 e. The van der Waals surface area contributed by atoms with Gasteiger partial charge in [-0.1, -0.05) is 297 Å². The van der Waals surface area contributed by atoms with Crippen LogP contribution < -0.4 is 4.90 Å². The Morgan fingerprint density at radius 1 is 0.195 bits per heavy atom. The molecule has 16 rings (SSSR count). The summed E-state index contributed by atoms with van der Waals surface area (Å²) in [4.78, 5) is 2.54. The summed E-state index contributed by atoms with van der Waals surface area (Å²) in [5.74, 6) is 0. The highest BCUT2D eigenvalue weighted by Crippen LogP contribution is 2.62. The van der Waals surface area contributed by atoms with E-state index >= 15 is 0 Å². The van der Waals surface area contributed by atoms with Crippen molar-refractivity contribution in [2.24, 2.45) is 0 Å². The topological polar surface area (TPSA) is 3.24 Å². The van der Waals surface area contributed by atoms with Crippen molar-refractivity contribution in [3.8, 4) is 44.5 Å². The van der Waals surface area contributed by atoms with Gasteiger partial charge in [0.1, 0.15) is 0 Å². The van der Waals surface area contributed by atoms with E-state index in [0.717, 1.165) is 22.6 Å². The lowest BCUT2D eigenvalue weighted by atomic mass is 9.67. The van der Waals surface area contributed by atoms with Crippen LogP contribution in [0.2, 0.25) is 0 Å². The Labute approximate surface area is 480 Å². The van der Waals surface area contributed by atoms with E-state index < -0.39 is 16.2 Å². The van der Waals surface area contributed by atoms with Gasteiger partial charge in [0, 0.05) is 16.9 Å². The maximum atomic E-state index is 2.54. The van der Waals surface area contributed by atoms with Crippen molar-refractivity contribution in [1.29, 1.82) is 0 Å². The molecule has 0 saturated carbocycles. The van der Waals surface area contributed by atoms with E-state index in [0.29, 0.717) is 0 Å². The number of nitrogens with zero attached hydrogens (tertiary/aromatic N) is 1. The van der Waals surface area contributed by atoms with Crippen LogP contribution >= 0.6 is 0 Å². The van der Waals surface area contributed by atoms with E-state index in [2.05, 4.69) is 339 Å². The Kier molecular flexibility index (Phi) is 11.0. The van der Waals surface area contributed by atoms with Gasteiger partial charge in [-0.3, -0.25) is 0 Å². The van der Waals surface area contributed by atoms with Crippen LogP contribution in [0.1, 0.15) is 66.8 Å². The molecule has 0 spiro atoms. The number of rotatable bonds is 10. The molecular weight excluding hydrogens is 987 g/mol. The third-order valence-corrected chi connectivity index (χ3v) is 18.3. The lowest BCUT2D eigenvalue weighted by molar-refractivity contribution is 0.768. The number of hydrogen-bond donors (Lipinski definition) is 0. The fraction of sp³-hybridized carbons (Fsp3) is 0.0370. The first-order valence-electron chi connectivity index (χ1n) is 28.7. The zero-order chi connectivity index (χ0) is 54.2. The van der Waals surface area contributed by atoms with E-state index in [-0.39, 0.29) is 0 Å². The molecule has 0 fully saturated rings. The van der Waals surface area contributed by atoms with Gasteiger partial charge in [0.05, 0.1) is 21.9 Å². The van der Waals surface area contributed by atoms with Crippen LogP contribution in [0.25, 0.3) is 44.5 Å². The van der Waals surface area contributed by atoms with Gasteiger partial charge < -0.3 is 4.90 Å². The van der Waals surface area contributed by atoms with Crippen LogP contribution in [-0.2, 0) is 16.2 Å². The van der Waals surface area contributed by atoms with Crippen molar-refractivity contribution >= 4 is 17.1 Å². The molecule has 0 aliphatic heterocycles. The van der Waals surface area contributed by atoms with E-state index in [4.69, 9.17) is 0 Å². The Hall–Kier alpha value is -10.3. The summed E-state index contributed by atoms with van der Waals surface area (Å²) < 4.78 is 0. The minimum atomic E-state index is -0.566. The maximum Gasteiger partial charge on any atom is 0.0714 e. The summed E-state index contributed by atoms with van der Waals surface area (Å²) in [6, 6.07) is 125. The predicted octanol–water partition coefficient (Wildman–Crippen LogP) is 19.9. The summed E-state index contributed by atoms with van der Waals surface area (Å²) in [5, 5.41) is 0. The fourth-order valence-corrected chi connectivity index (χ4v) is 15.1. The van der Waals surface area contributed by atoms with Crippen molar-refractivity contribution in [2.45, 2.75) is 16.2 Å². The number of fused-ring (bicyclic) bond motifs is 9. The molecule has 0 bridgehead atoms. The number of hydrogen-bond acceptors (Lipinski definition) is 1. The van der Waals surface area contributed by atoms with E-state index in [9.17, 15) is 0 Å². The Morgan fingerprint density at radius 3 is 1.02 bits per heavy atom.